The van der Waals surface area contributed by atoms with Crippen LogP contribution in [0.15, 0.2) is 58.0 Å². The van der Waals surface area contributed by atoms with Gasteiger partial charge in [0.05, 0.1) is 22.4 Å². The van der Waals surface area contributed by atoms with Crippen molar-refractivity contribution in [1.82, 2.24) is 19.9 Å². The highest BCUT2D eigenvalue weighted by atomic mass is 35.5. The first kappa shape index (κ1) is 22.0. The molecule has 4 rings (SSSR count). The molecule has 4 aromatic rings. The fourth-order valence-electron chi connectivity index (χ4n) is 2.39. The smallest absolute Gasteiger partial charge is 0.212 e. The second kappa shape index (κ2) is 9.74. The van der Waals surface area contributed by atoms with Gasteiger partial charge in [0.25, 0.3) is 0 Å². The Kier molecular flexibility index (Phi) is 7.64. The number of thiazole rings is 1. The number of aromatic nitrogens is 4. The lowest BCUT2D eigenvalue weighted by Crippen LogP contribution is -2.21. The van der Waals surface area contributed by atoms with E-state index in [4.69, 9.17) is 11.5 Å². The molecule has 0 aliphatic heterocycles. The predicted molar refractivity (Wildman–Crippen MR) is 121 cm³/mol. The van der Waals surface area contributed by atoms with Crippen molar-refractivity contribution in [2.75, 3.05) is 0 Å². The minimum atomic E-state index is -0.00477. The fourth-order valence-corrected chi connectivity index (χ4v) is 3.88. The topological polar surface area (TPSA) is 119 Å². The molecule has 0 unspecified atom stereocenters. The molecule has 146 valence electrons. The summed E-state index contributed by atoms with van der Waals surface area (Å²) in [4.78, 5) is 20.9. The van der Waals surface area contributed by atoms with E-state index in [9.17, 15) is 0 Å². The molecule has 3 aromatic heterocycles. The average molecular weight is 454 g/mol. The molecule has 5 N–H and O–H groups in total. The number of imidazole rings is 1. The number of fused-ring (bicyclic) bond motifs is 1. The van der Waals surface area contributed by atoms with Crippen molar-refractivity contribution >= 4 is 70.0 Å². The zero-order valence-electron chi connectivity index (χ0n) is 14.4. The fraction of sp³-hybridized carbons (Fsp3) is 0.0588. The van der Waals surface area contributed by atoms with Gasteiger partial charge in [-0.25, -0.2) is 9.97 Å². The number of para-hydroxylation sites is 2. The summed E-state index contributed by atoms with van der Waals surface area (Å²) in [5.41, 5.74) is 15.3. The lowest BCUT2D eigenvalue weighted by molar-refractivity contribution is 1.07. The van der Waals surface area contributed by atoms with E-state index >= 15 is 0 Å². The standard InChI is InChI=1S/C17H15N7S2.2ClH/c18-15(19)24-17-23-14(9-26-17)13-7-3-4-10(20-13)8-25-16-21-11-5-1-2-6-12(11)22-16;;/h1-7,9H,8H2,(H,21,22)(H4,18,19,23,24);2*1H. The molecular weight excluding hydrogens is 437 g/mol. The molecule has 0 fully saturated rings. The van der Waals surface area contributed by atoms with E-state index in [1.807, 2.05) is 47.8 Å². The highest BCUT2D eigenvalue weighted by Crippen LogP contribution is 2.27. The third-order valence-electron chi connectivity index (χ3n) is 3.51. The molecule has 0 spiro atoms. The van der Waals surface area contributed by atoms with Crippen LogP contribution in [0, 0.1) is 0 Å². The minimum absolute atomic E-state index is 0. The first-order chi connectivity index (χ1) is 12.7. The Morgan fingerprint density at radius 1 is 1.00 bits per heavy atom. The van der Waals surface area contributed by atoms with Crippen LogP contribution in [-0.2, 0) is 5.75 Å². The first-order valence-electron chi connectivity index (χ1n) is 7.76. The number of hydrogen-bond donors (Lipinski definition) is 3. The Balaban J connectivity index is 0.00000140. The summed E-state index contributed by atoms with van der Waals surface area (Å²) < 4.78 is 0. The molecule has 0 atom stereocenters. The summed E-state index contributed by atoms with van der Waals surface area (Å²) in [7, 11) is 0. The number of pyridine rings is 1. The van der Waals surface area contributed by atoms with E-state index in [1.54, 1.807) is 11.8 Å². The monoisotopic (exact) mass is 453 g/mol. The quantitative estimate of drug-likeness (QED) is 0.237. The number of benzene rings is 1. The van der Waals surface area contributed by atoms with E-state index in [-0.39, 0.29) is 30.8 Å². The molecular formula is C17H17Cl2N7S2. The predicted octanol–water partition coefficient (Wildman–Crippen LogP) is 4.12. The number of hydrogen-bond acceptors (Lipinski definition) is 6. The largest absolute Gasteiger partial charge is 0.370 e. The van der Waals surface area contributed by atoms with Gasteiger partial charge in [-0.05, 0) is 24.3 Å². The molecule has 0 radical (unpaired) electrons. The van der Waals surface area contributed by atoms with Crippen molar-refractivity contribution in [3.8, 4) is 11.4 Å². The first-order valence-corrected chi connectivity index (χ1v) is 9.63. The maximum Gasteiger partial charge on any atom is 0.212 e. The molecule has 0 amide bonds. The van der Waals surface area contributed by atoms with Gasteiger partial charge in [0.1, 0.15) is 5.69 Å². The number of thioether (sulfide) groups is 1. The molecule has 28 heavy (non-hydrogen) atoms. The molecule has 0 bridgehead atoms. The van der Waals surface area contributed by atoms with E-state index < -0.39 is 0 Å². The lowest BCUT2D eigenvalue weighted by atomic mass is 10.3. The summed E-state index contributed by atoms with van der Waals surface area (Å²) in [6.45, 7) is 0. The van der Waals surface area contributed by atoms with Crippen LogP contribution in [0.3, 0.4) is 0 Å². The van der Waals surface area contributed by atoms with Gasteiger partial charge in [-0.15, -0.1) is 36.2 Å². The Labute approximate surface area is 181 Å². The zero-order valence-corrected chi connectivity index (χ0v) is 17.7. The van der Waals surface area contributed by atoms with Gasteiger partial charge in [-0.3, -0.25) is 4.98 Å². The summed E-state index contributed by atoms with van der Waals surface area (Å²) in [6.07, 6.45) is 0. The molecule has 0 aliphatic rings. The maximum atomic E-state index is 5.39. The van der Waals surface area contributed by atoms with Gasteiger partial charge in [0.15, 0.2) is 11.1 Å². The lowest BCUT2D eigenvalue weighted by Gasteiger charge is -2.01. The van der Waals surface area contributed by atoms with Gasteiger partial charge >= 0.3 is 0 Å². The van der Waals surface area contributed by atoms with Crippen LogP contribution in [0.4, 0.5) is 5.13 Å². The summed E-state index contributed by atoms with van der Waals surface area (Å²) in [5, 5.41) is 3.28. The van der Waals surface area contributed by atoms with Crippen molar-refractivity contribution in [3.63, 3.8) is 0 Å². The Hall–Kier alpha value is -2.33. The van der Waals surface area contributed by atoms with Crippen LogP contribution in [0.1, 0.15) is 5.69 Å². The van der Waals surface area contributed by atoms with E-state index in [0.717, 1.165) is 33.3 Å². The van der Waals surface area contributed by atoms with Gasteiger partial charge in [0.2, 0.25) is 5.13 Å². The number of halogens is 2. The molecule has 11 heteroatoms. The second-order valence-electron chi connectivity index (χ2n) is 5.41. The van der Waals surface area contributed by atoms with E-state index in [0.29, 0.717) is 10.9 Å². The molecule has 3 heterocycles. The van der Waals surface area contributed by atoms with Crippen molar-refractivity contribution in [2.45, 2.75) is 10.9 Å². The summed E-state index contributed by atoms with van der Waals surface area (Å²) in [6, 6.07) is 13.9. The zero-order chi connectivity index (χ0) is 17.9. The number of rotatable bonds is 5. The average Bonchev–Trinajstić information content (AvgIpc) is 3.26. The minimum Gasteiger partial charge on any atom is -0.370 e. The summed E-state index contributed by atoms with van der Waals surface area (Å²) >= 11 is 2.99. The molecule has 0 aliphatic carbocycles. The van der Waals surface area contributed by atoms with Gasteiger partial charge in [-0.1, -0.05) is 30.0 Å². The SMILES string of the molecule is Cl.Cl.NC(N)=Nc1nc(-c2cccc(CSc3nc4ccccc4[nH]3)n2)cs1. The molecule has 7 nitrogen and oxygen atoms in total. The Morgan fingerprint density at radius 2 is 1.82 bits per heavy atom. The van der Waals surface area contributed by atoms with Gasteiger partial charge in [-0.2, -0.15) is 4.99 Å². The number of H-pyrrole nitrogens is 1. The highest BCUT2D eigenvalue weighted by molar-refractivity contribution is 7.98. The van der Waals surface area contributed by atoms with Crippen LogP contribution in [0.25, 0.3) is 22.4 Å². The number of guanidine groups is 1. The van der Waals surface area contributed by atoms with Crippen LogP contribution in [0.5, 0.6) is 0 Å². The van der Waals surface area contributed by atoms with E-state index in [1.165, 1.54) is 11.3 Å². The van der Waals surface area contributed by atoms with Gasteiger partial charge in [0, 0.05) is 11.1 Å². The normalized spacial score (nSPS) is 10.1. The molecule has 1 aromatic carbocycles. The van der Waals surface area contributed by atoms with Crippen molar-refractivity contribution in [3.05, 3.63) is 53.5 Å². The van der Waals surface area contributed by atoms with Crippen molar-refractivity contribution in [1.29, 1.82) is 0 Å². The number of nitrogens with two attached hydrogens (primary N) is 2. The van der Waals surface area contributed by atoms with Crippen LogP contribution >= 0.6 is 47.9 Å². The van der Waals surface area contributed by atoms with Crippen LogP contribution in [-0.4, -0.2) is 25.9 Å². The third-order valence-corrected chi connectivity index (χ3v) is 5.15. The van der Waals surface area contributed by atoms with Gasteiger partial charge < -0.3 is 16.5 Å². The van der Waals surface area contributed by atoms with Crippen molar-refractivity contribution < 1.29 is 0 Å². The summed E-state index contributed by atoms with van der Waals surface area (Å²) in [5.74, 6) is 0.702. The van der Waals surface area contributed by atoms with Crippen LogP contribution < -0.4 is 11.5 Å². The number of nitrogens with one attached hydrogen (secondary N) is 1. The Bertz CT molecular complexity index is 1060. The van der Waals surface area contributed by atoms with Crippen molar-refractivity contribution in [2.24, 2.45) is 16.5 Å². The van der Waals surface area contributed by atoms with E-state index in [2.05, 4.69) is 24.9 Å². The number of nitrogens with zero attached hydrogens (tertiary/aromatic N) is 4. The third kappa shape index (κ3) is 5.14. The number of aromatic amines is 1. The number of aliphatic imine (C=N–C) groups is 1. The highest BCUT2D eigenvalue weighted by Gasteiger charge is 2.08. The molecule has 0 saturated heterocycles. The Morgan fingerprint density at radius 3 is 2.61 bits per heavy atom. The molecule has 0 saturated carbocycles. The maximum absolute atomic E-state index is 5.39. The second-order valence-corrected chi connectivity index (χ2v) is 7.21. The van der Waals surface area contributed by atoms with Crippen LogP contribution in [0.2, 0.25) is 0 Å².